The molecule has 4 rings (SSSR count). The van der Waals surface area contributed by atoms with Gasteiger partial charge in [0.25, 0.3) is 0 Å². The van der Waals surface area contributed by atoms with E-state index in [1.54, 1.807) is 23.1 Å². The largest absolute Gasteiger partial charge is 1.00 e. The Morgan fingerprint density at radius 3 is 2.00 bits per heavy atom. The molecule has 46 heavy (non-hydrogen) atoms. The summed E-state index contributed by atoms with van der Waals surface area (Å²) in [6.45, 7) is 3.72. The Hall–Kier alpha value is -2.39. The SMILES string of the molecule is COc1cc2c(cc1OCCCOc1c(OC)cc3sc(C(=O)C[C@H](C)C(=O)[O-])cc3c1F)CN(C(=O)C[C@H](C)C(=O)[O-])C2.[Na+].[Na+]. The number of hydrogen-bond donors (Lipinski definition) is 0. The van der Waals surface area contributed by atoms with Crippen molar-refractivity contribution in [2.45, 2.75) is 46.2 Å². The molecule has 0 N–H and O–H groups in total. The van der Waals surface area contributed by atoms with Crippen molar-refractivity contribution >= 4 is 45.1 Å². The van der Waals surface area contributed by atoms with E-state index in [0.717, 1.165) is 22.5 Å². The van der Waals surface area contributed by atoms with Gasteiger partial charge in [-0.1, -0.05) is 13.8 Å². The zero-order chi connectivity index (χ0) is 32.1. The Balaban J connectivity index is 0.00000368. The summed E-state index contributed by atoms with van der Waals surface area (Å²) in [6, 6.07) is 6.51. The molecule has 1 aliphatic rings. The van der Waals surface area contributed by atoms with Gasteiger partial charge in [0.05, 0.1) is 32.3 Å². The summed E-state index contributed by atoms with van der Waals surface area (Å²) in [5.74, 6) is -4.91. The number of aliphatic carboxylic acids is 2. The molecule has 236 valence electrons. The summed E-state index contributed by atoms with van der Waals surface area (Å²) >= 11 is 1.04. The molecule has 0 saturated heterocycles. The van der Waals surface area contributed by atoms with E-state index in [0.29, 0.717) is 35.7 Å². The molecule has 0 spiro atoms. The second-order valence-electron chi connectivity index (χ2n) is 10.6. The average molecular weight is 676 g/mol. The fraction of sp³-hybridized carbons (Fsp3) is 0.419. The number of fused-ring (bicyclic) bond motifs is 2. The number of ether oxygens (including phenoxy) is 4. The van der Waals surface area contributed by atoms with Gasteiger partial charge in [-0.25, -0.2) is 4.39 Å². The molecular formula is C31H32FNNa2O10S. The van der Waals surface area contributed by atoms with Crippen molar-refractivity contribution in [2.24, 2.45) is 11.8 Å². The van der Waals surface area contributed by atoms with E-state index in [1.165, 1.54) is 34.1 Å². The number of carbonyl (C=O) groups is 4. The molecule has 1 aliphatic heterocycles. The van der Waals surface area contributed by atoms with Crippen molar-refractivity contribution in [1.29, 1.82) is 0 Å². The summed E-state index contributed by atoms with van der Waals surface area (Å²) in [5.41, 5.74) is 1.73. The van der Waals surface area contributed by atoms with Crippen molar-refractivity contribution in [2.75, 3.05) is 27.4 Å². The normalized spacial score (nSPS) is 13.1. The molecule has 1 aromatic heterocycles. The summed E-state index contributed by atoms with van der Waals surface area (Å²) < 4.78 is 38.3. The number of thiophene rings is 1. The van der Waals surface area contributed by atoms with Crippen LogP contribution in [0.4, 0.5) is 4.39 Å². The third-order valence-corrected chi connectivity index (χ3v) is 8.43. The number of benzene rings is 2. The molecule has 0 fully saturated rings. The number of hydrogen-bond acceptors (Lipinski definition) is 11. The van der Waals surface area contributed by atoms with E-state index < -0.39 is 35.4 Å². The van der Waals surface area contributed by atoms with Crippen LogP contribution in [0.1, 0.15) is 53.9 Å². The van der Waals surface area contributed by atoms with Crippen LogP contribution < -0.4 is 88.3 Å². The second kappa shape index (κ2) is 17.7. The van der Waals surface area contributed by atoms with Crippen LogP contribution in [0.15, 0.2) is 24.3 Å². The zero-order valence-electron chi connectivity index (χ0n) is 26.7. The quantitative estimate of drug-likeness (QED) is 0.0901. The number of ketones is 1. The molecule has 0 radical (unpaired) electrons. The summed E-state index contributed by atoms with van der Waals surface area (Å²) in [6.07, 6.45) is -0.0431. The van der Waals surface area contributed by atoms with Gasteiger partial charge < -0.3 is 43.6 Å². The minimum atomic E-state index is -1.33. The van der Waals surface area contributed by atoms with Gasteiger partial charge in [-0.3, -0.25) is 9.59 Å². The summed E-state index contributed by atoms with van der Waals surface area (Å²) in [5, 5.41) is 22.2. The summed E-state index contributed by atoms with van der Waals surface area (Å²) in [4.78, 5) is 48.9. The fourth-order valence-corrected chi connectivity index (χ4v) is 5.76. The minimum Gasteiger partial charge on any atom is -0.550 e. The first-order valence-corrected chi connectivity index (χ1v) is 14.7. The molecule has 2 heterocycles. The van der Waals surface area contributed by atoms with E-state index in [2.05, 4.69) is 0 Å². The number of amides is 1. The van der Waals surface area contributed by atoms with Gasteiger partial charge in [0, 0.05) is 72.3 Å². The maximum atomic E-state index is 15.5. The van der Waals surface area contributed by atoms with Crippen LogP contribution in [0.25, 0.3) is 10.1 Å². The van der Waals surface area contributed by atoms with E-state index in [9.17, 15) is 29.4 Å². The summed E-state index contributed by atoms with van der Waals surface area (Å²) in [7, 11) is 2.87. The number of methoxy groups -OCH3 is 2. The van der Waals surface area contributed by atoms with Gasteiger partial charge >= 0.3 is 59.1 Å². The Labute approximate surface area is 313 Å². The van der Waals surface area contributed by atoms with Crippen LogP contribution in [0, 0.1) is 17.7 Å². The third kappa shape index (κ3) is 9.36. The molecule has 0 saturated carbocycles. The zero-order valence-corrected chi connectivity index (χ0v) is 31.5. The third-order valence-electron chi connectivity index (χ3n) is 7.31. The van der Waals surface area contributed by atoms with Gasteiger partial charge in [-0.2, -0.15) is 0 Å². The van der Waals surface area contributed by atoms with Crippen LogP contribution in [0.3, 0.4) is 0 Å². The molecular weight excluding hydrogens is 643 g/mol. The fourth-order valence-electron chi connectivity index (χ4n) is 4.73. The standard InChI is InChI=1S/C31H34FNO10S.2Na/c1-16(30(36)37)8-21(34)26-12-20-25(44-26)13-24(41-4)29(28(20)32)43-7-5-6-42-23-11-19-15-33(14-18(19)10-22(23)40-3)27(35)9-17(2)31(38)39;;/h10-13,16-17H,5-9,14-15H2,1-4H3,(H,36,37)(H,38,39);;/q;2*+1/p-2/t16-,17-;;/m0../s1. The van der Waals surface area contributed by atoms with E-state index in [4.69, 9.17) is 18.9 Å². The maximum Gasteiger partial charge on any atom is 1.00 e. The first-order valence-electron chi connectivity index (χ1n) is 13.9. The van der Waals surface area contributed by atoms with Crippen LogP contribution in [-0.4, -0.2) is 56.0 Å². The number of halogens is 1. The average Bonchev–Trinajstić information content (AvgIpc) is 3.61. The molecule has 2 aromatic carbocycles. The van der Waals surface area contributed by atoms with Crippen LogP contribution in [0.5, 0.6) is 23.0 Å². The predicted molar refractivity (Wildman–Crippen MR) is 153 cm³/mol. The molecule has 0 unspecified atom stereocenters. The van der Waals surface area contributed by atoms with E-state index in [1.807, 2.05) is 0 Å². The molecule has 2 atom stereocenters. The van der Waals surface area contributed by atoms with E-state index >= 15 is 4.39 Å². The molecule has 15 heteroatoms. The minimum absolute atomic E-state index is 0. The number of carbonyl (C=O) groups excluding carboxylic acids is 4. The topological polar surface area (TPSA) is 155 Å². The van der Waals surface area contributed by atoms with Gasteiger partial charge in [0.1, 0.15) is 0 Å². The molecule has 0 aliphatic carbocycles. The number of carboxylic acid groups (broad SMARTS) is 2. The number of carboxylic acids is 2. The maximum absolute atomic E-state index is 15.5. The van der Waals surface area contributed by atoms with Crippen molar-refractivity contribution in [3.63, 3.8) is 0 Å². The Morgan fingerprint density at radius 2 is 1.41 bits per heavy atom. The molecule has 1 amide bonds. The van der Waals surface area contributed by atoms with Crippen molar-refractivity contribution in [1.82, 2.24) is 4.90 Å². The smallest absolute Gasteiger partial charge is 0.550 e. The van der Waals surface area contributed by atoms with Gasteiger partial charge in [-0.05, 0) is 29.3 Å². The number of rotatable bonds is 15. The van der Waals surface area contributed by atoms with Crippen LogP contribution in [-0.2, 0) is 27.5 Å². The Kier molecular flexibility index (Phi) is 15.3. The van der Waals surface area contributed by atoms with Gasteiger partial charge in [-0.15, -0.1) is 11.3 Å². The predicted octanol–water partition coefficient (Wildman–Crippen LogP) is -3.51. The van der Waals surface area contributed by atoms with Crippen molar-refractivity contribution in [3.8, 4) is 23.0 Å². The van der Waals surface area contributed by atoms with Crippen molar-refractivity contribution < 1.29 is 112 Å². The second-order valence-corrected chi connectivity index (χ2v) is 11.7. The Bertz CT molecular complexity index is 1600. The number of Topliss-reactive ketones (excluding diaryl/α,β-unsaturated/α-hetero) is 1. The van der Waals surface area contributed by atoms with Gasteiger partial charge in [0.15, 0.2) is 34.6 Å². The molecule has 3 aromatic rings. The van der Waals surface area contributed by atoms with Crippen LogP contribution >= 0.6 is 11.3 Å². The first kappa shape index (κ1) is 39.8. The number of nitrogens with zero attached hydrogens (tertiary/aromatic N) is 1. The Morgan fingerprint density at radius 1 is 0.848 bits per heavy atom. The molecule has 0 bridgehead atoms. The van der Waals surface area contributed by atoms with Crippen LogP contribution in [0.2, 0.25) is 0 Å². The molecule has 11 nitrogen and oxygen atoms in total. The van der Waals surface area contributed by atoms with E-state index in [-0.39, 0.29) is 113 Å². The monoisotopic (exact) mass is 675 g/mol. The van der Waals surface area contributed by atoms with Gasteiger partial charge in [0.2, 0.25) is 5.91 Å². The van der Waals surface area contributed by atoms with Crippen molar-refractivity contribution in [3.05, 3.63) is 46.1 Å². The first-order chi connectivity index (χ1) is 20.9.